The van der Waals surface area contributed by atoms with E-state index in [2.05, 4.69) is 6.58 Å². The van der Waals surface area contributed by atoms with E-state index in [0.717, 1.165) is 18.6 Å². The highest BCUT2D eigenvalue weighted by molar-refractivity contribution is 5.38. The van der Waals surface area contributed by atoms with Gasteiger partial charge in [0.25, 0.3) is 0 Å². The molecule has 0 spiro atoms. The van der Waals surface area contributed by atoms with Crippen LogP contribution in [0.4, 0.5) is 0 Å². The van der Waals surface area contributed by atoms with Crippen LogP contribution in [0, 0.1) is 0 Å². The summed E-state index contributed by atoms with van der Waals surface area (Å²) in [6, 6.07) is 0. The molecule has 0 aromatic heterocycles. The Kier molecular flexibility index (Phi) is 0.579. The van der Waals surface area contributed by atoms with E-state index in [-0.39, 0.29) is 11.7 Å². The molecule has 2 atom stereocenters. The second-order valence-corrected chi connectivity index (χ2v) is 3.05. The molecule has 0 amide bonds. The quantitative estimate of drug-likeness (QED) is 0.401. The first kappa shape index (κ1) is 4.97. The molecule has 10 heavy (non-hydrogen) atoms. The van der Waals surface area contributed by atoms with E-state index < -0.39 is 0 Å². The number of ether oxygens (including phenoxy) is 2. The van der Waals surface area contributed by atoms with Gasteiger partial charge in [0.2, 0.25) is 0 Å². The van der Waals surface area contributed by atoms with Crippen LogP contribution in [0.5, 0.6) is 0 Å². The van der Waals surface area contributed by atoms with Gasteiger partial charge in [-0.15, -0.1) is 6.58 Å². The maximum atomic E-state index is 5.47. The Balaban J connectivity index is 2.00. The first-order chi connectivity index (χ1) is 4.86. The highest BCUT2D eigenvalue weighted by Crippen LogP contribution is 2.57. The zero-order valence-corrected chi connectivity index (χ0v) is 5.59. The molecule has 52 valence electrons. The third kappa shape index (κ3) is 0.380. The molecule has 1 saturated heterocycles. The van der Waals surface area contributed by atoms with E-state index in [0.29, 0.717) is 0 Å². The maximum Gasteiger partial charge on any atom is 0.174 e. The summed E-state index contributed by atoms with van der Waals surface area (Å²) in [6.45, 7) is 3.75. The van der Waals surface area contributed by atoms with Crippen LogP contribution < -0.4 is 0 Å². The zero-order chi connectivity index (χ0) is 6.77. The molecule has 1 aliphatic carbocycles. The van der Waals surface area contributed by atoms with Crippen LogP contribution in [0.2, 0.25) is 0 Å². The predicted octanol–water partition coefficient (Wildman–Crippen LogP) is 1.35. The molecule has 0 bridgehead atoms. The lowest BCUT2D eigenvalue weighted by Crippen LogP contribution is -2.12. The van der Waals surface area contributed by atoms with Gasteiger partial charge in [-0.3, -0.25) is 0 Å². The molecule has 2 heteroatoms. The molecule has 0 radical (unpaired) electrons. The van der Waals surface area contributed by atoms with Crippen LogP contribution in [0.1, 0.15) is 12.8 Å². The standard InChI is InChI=1S/C8H8O2/c1-2-8-4-3-5-6(9-5)7(8)10-8/h2,7H,1,3-4H2. The van der Waals surface area contributed by atoms with Gasteiger partial charge in [-0.25, -0.2) is 0 Å². The Morgan fingerprint density at radius 3 is 3.40 bits per heavy atom. The van der Waals surface area contributed by atoms with E-state index in [1.54, 1.807) is 0 Å². The van der Waals surface area contributed by atoms with E-state index in [1.165, 1.54) is 5.76 Å². The Morgan fingerprint density at radius 2 is 2.60 bits per heavy atom. The number of fused-ring (bicyclic) bond motifs is 2. The number of epoxide rings is 1. The molecular formula is C8H8O2. The zero-order valence-electron chi connectivity index (χ0n) is 5.59. The van der Waals surface area contributed by atoms with Crippen molar-refractivity contribution in [3.8, 4) is 0 Å². The normalized spacial score (nSPS) is 47.0. The molecule has 2 nitrogen and oxygen atoms in total. The monoisotopic (exact) mass is 136 g/mol. The van der Waals surface area contributed by atoms with Crippen LogP contribution in [0.15, 0.2) is 24.2 Å². The predicted molar refractivity (Wildman–Crippen MR) is 35.1 cm³/mol. The van der Waals surface area contributed by atoms with Crippen molar-refractivity contribution in [3.63, 3.8) is 0 Å². The summed E-state index contributed by atoms with van der Waals surface area (Å²) >= 11 is 0. The van der Waals surface area contributed by atoms with Gasteiger partial charge < -0.3 is 9.47 Å². The minimum Gasteiger partial charge on any atom is -0.456 e. The lowest BCUT2D eigenvalue weighted by atomic mass is 9.94. The highest BCUT2D eigenvalue weighted by atomic mass is 16.7. The van der Waals surface area contributed by atoms with Gasteiger partial charge in [0.05, 0.1) is 0 Å². The summed E-state index contributed by atoms with van der Waals surface area (Å²) in [5.74, 6) is 2.26. The average molecular weight is 136 g/mol. The van der Waals surface area contributed by atoms with Crippen molar-refractivity contribution < 1.29 is 9.47 Å². The van der Waals surface area contributed by atoms with E-state index >= 15 is 0 Å². The lowest BCUT2D eigenvalue weighted by molar-refractivity contribution is 0.301. The van der Waals surface area contributed by atoms with Gasteiger partial charge in [-0.05, 0) is 6.42 Å². The fourth-order valence-electron chi connectivity index (χ4n) is 1.70. The lowest BCUT2D eigenvalue weighted by Gasteiger charge is -2.02. The summed E-state index contributed by atoms with van der Waals surface area (Å²) < 4.78 is 10.7. The van der Waals surface area contributed by atoms with E-state index in [4.69, 9.17) is 9.47 Å². The Labute approximate surface area is 59.1 Å². The van der Waals surface area contributed by atoms with Crippen molar-refractivity contribution in [2.45, 2.75) is 24.5 Å². The van der Waals surface area contributed by atoms with Crippen molar-refractivity contribution in [2.24, 2.45) is 0 Å². The van der Waals surface area contributed by atoms with Crippen LogP contribution in [-0.4, -0.2) is 11.7 Å². The molecule has 3 aliphatic rings. The van der Waals surface area contributed by atoms with Crippen molar-refractivity contribution in [3.05, 3.63) is 24.2 Å². The minimum absolute atomic E-state index is 0.0185. The third-order valence-electron chi connectivity index (χ3n) is 2.52. The summed E-state index contributed by atoms with van der Waals surface area (Å²) in [5, 5.41) is 0. The number of rotatable bonds is 1. The van der Waals surface area contributed by atoms with Crippen molar-refractivity contribution in [2.75, 3.05) is 0 Å². The molecule has 2 aliphatic heterocycles. The SMILES string of the molecule is C=CC12CCC3=C(O3)C1O2. The minimum atomic E-state index is -0.0185. The fourth-order valence-corrected chi connectivity index (χ4v) is 1.70. The largest absolute Gasteiger partial charge is 0.456 e. The van der Waals surface area contributed by atoms with Crippen molar-refractivity contribution >= 4 is 0 Å². The van der Waals surface area contributed by atoms with E-state index in [1.807, 2.05) is 6.08 Å². The first-order valence-electron chi connectivity index (χ1n) is 3.58. The van der Waals surface area contributed by atoms with Gasteiger partial charge in [0, 0.05) is 6.42 Å². The number of hydrogen-bond acceptors (Lipinski definition) is 2. The molecule has 0 aromatic rings. The van der Waals surface area contributed by atoms with Crippen molar-refractivity contribution in [1.82, 2.24) is 0 Å². The van der Waals surface area contributed by atoms with Gasteiger partial charge >= 0.3 is 0 Å². The van der Waals surface area contributed by atoms with Crippen LogP contribution in [0.25, 0.3) is 0 Å². The fraction of sp³-hybridized carbons (Fsp3) is 0.500. The number of hydrogen-bond donors (Lipinski definition) is 0. The summed E-state index contributed by atoms with van der Waals surface area (Å²) in [7, 11) is 0. The Morgan fingerprint density at radius 1 is 1.70 bits per heavy atom. The second kappa shape index (κ2) is 1.17. The van der Waals surface area contributed by atoms with Crippen molar-refractivity contribution in [1.29, 1.82) is 0 Å². The first-order valence-corrected chi connectivity index (χ1v) is 3.58. The number of allylic oxidation sites excluding steroid dienone is 1. The van der Waals surface area contributed by atoms with Gasteiger partial charge in [-0.1, -0.05) is 6.08 Å². The van der Waals surface area contributed by atoms with E-state index in [9.17, 15) is 0 Å². The van der Waals surface area contributed by atoms with Gasteiger partial charge in [-0.2, -0.15) is 0 Å². The molecular weight excluding hydrogens is 128 g/mol. The molecule has 0 aromatic carbocycles. The van der Waals surface area contributed by atoms with Gasteiger partial charge in [0.15, 0.2) is 11.9 Å². The summed E-state index contributed by atoms with van der Waals surface area (Å²) in [6.07, 6.45) is 4.25. The summed E-state index contributed by atoms with van der Waals surface area (Å²) in [4.78, 5) is 0. The van der Waals surface area contributed by atoms with Crippen LogP contribution in [0.3, 0.4) is 0 Å². The van der Waals surface area contributed by atoms with Crippen LogP contribution >= 0.6 is 0 Å². The third-order valence-corrected chi connectivity index (χ3v) is 2.52. The van der Waals surface area contributed by atoms with Gasteiger partial charge in [0.1, 0.15) is 11.4 Å². The molecule has 3 rings (SSSR count). The maximum absolute atomic E-state index is 5.47. The Hall–Kier alpha value is -0.760. The second-order valence-electron chi connectivity index (χ2n) is 3.05. The smallest absolute Gasteiger partial charge is 0.174 e. The molecule has 0 N–H and O–H groups in total. The molecule has 2 heterocycles. The average Bonchev–Trinajstić information content (AvgIpc) is 2.82. The topological polar surface area (TPSA) is 25.1 Å². The molecule has 2 unspecified atom stereocenters. The molecule has 0 saturated carbocycles. The van der Waals surface area contributed by atoms with Crippen LogP contribution in [-0.2, 0) is 9.47 Å². The molecule has 1 fully saturated rings. The highest BCUT2D eigenvalue weighted by Gasteiger charge is 2.64. The summed E-state index contributed by atoms with van der Waals surface area (Å²) in [5.41, 5.74) is -0.0185. The Bertz CT molecular complexity index is 254.